The average molecular weight is 299 g/mol. The van der Waals surface area contributed by atoms with Gasteiger partial charge in [0.25, 0.3) is 0 Å². The first kappa shape index (κ1) is 19.6. The van der Waals surface area contributed by atoms with Crippen LogP contribution in [0.4, 0.5) is 0 Å². The topological polar surface area (TPSA) is 26.3 Å². The largest absolute Gasteiger partial charge is 0.420 e. The third kappa shape index (κ3) is 8.00. The molecule has 0 aromatic rings. The number of allylic oxidation sites excluding steroid dienone is 1. The minimum Gasteiger partial charge on any atom is -0.420 e. The summed E-state index contributed by atoms with van der Waals surface area (Å²) in [7, 11) is 0.526. The second-order valence-corrected chi connectivity index (χ2v) is 10.6. The van der Waals surface area contributed by atoms with E-state index in [0.717, 1.165) is 6.42 Å². The van der Waals surface area contributed by atoms with E-state index < -0.39 is 8.32 Å². The Morgan fingerprint density at radius 1 is 1.00 bits per heavy atom. The molecule has 0 bridgehead atoms. The van der Waals surface area contributed by atoms with E-state index in [1.807, 2.05) is 7.11 Å². The number of ketones is 1. The molecule has 0 atom stereocenters. The van der Waals surface area contributed by atoms with Crippen molar-refractivity contribution in [3.63, 3.8) is 0 Å². The van der Waals surface area contributed by atoms with Gasteiger partial charge in [-0.3, -0.25) is 4.79 Å². The Morgan fingerprint density at radius 2 is 1.50 bits per heavy atom. The van der Waals surface area contributed by atoms with Crippen LogP contribution < -0.4 is 0 Å². The lowest BCUT2D eigenvalue weighted by Gasteiger charge is -2.27. The van der Waals surface area contributed by atoms with Crippen LogP contribution in [0, 0.1) is 0 Å². The van der Waals surface area contributed by atoms with Crippen LogP contribution in [0.25, 0.3) is 0 Å². The number of rotatable bonds is 13. The average Bonchev–Trinajstić information content (AvgIpc) is 2.46. The minimum atomic E-state index is -1.37. The maximum Gasteiger partial charge on any atom is 0.191 e. The SMILES string of the molecule is C=C(C)C(=O)CCCCCCCC[Si](CC)(CC)OC. The molecule has 20 heavy (non-hydrogen) atoms. The molecule has 0 radical (unpaired) electrons. The van der Waals surface area contributed by atoms with E-state index in [4.69, 9.17) is 4.43 Å². The molecule has 118 valence electrons. The molecule has 3 heteroatoms. The van der Waals surface area contributed by atoms with Gasteiger partial charge in [0.1, 0.15) is 0 Å². The third-order valence-electron chi connectivity index (χ3n) is 4.48. The van der Waals surface area contributed by atoms with Gasteiger partial charge in [0, 0.05) is 13.5 Å². The molecule has 0 unspecified atom stereocenters. The van der Waals surface area contributed by atoms with E-state index >= 15 is 0 Å². The Balaban J connectivity index is 3.54. The molecule has 0 aromatic heterocycles. The van der Waals surface area contributed by atoms with E-state index in [1.54, 1.807) is 6.92 Å². The molecule has 0 saturated carbocycles. The van der Waals surface area contributed by atoms with Crippen molar-refractivity contribution in [1.82, 2.24) is 0 Å². The van der Waals surface area contributed by atoms with Gasteiger partial charge in [0.15, 0.2) is 14.1 Å². The normalized spacial score (nSPS) is 11.6. The zero-order chi connectivity index (χ0) is 15.4. The van der Waals surface area contributed by atoms with Gasteiger partial charge in [-0.25, -0.2) is 0 Å². The number of hydrogen-bond acceptors (Lipinski definition) is 2. The number of carbonyl (C=O) groups is 1. The zero-order valence-corrected chi connectivity index (χ0v) is 15.1. The second kappa shape index (κ2) is 11.3. The first-order chi connectivity index (χ1) is 9.51. The molecular formula is C17H34O2Si. The molecular weight excluding hydrogens is 264 g/mol. The summed E-state index contributed by atoms with van der Waals surface area (Å²) in [6.45, 7) is 10.0. The quantitative estimate of drug-likeness (QED) is 0.255. The maximum atomic E-state index is 11.4. The molecule has 0 fully saturated rings. The summed E-state index contributed by atoms with van der Waals surface area (Å²) in [4.78, 5) is 11.4. The molecule has 0 aliphatic heterocycles. The van der Waals surface area contributed by atoms with E-state index in [0.29, 0.717) is 12.0 Å². The van der Waals surface area contributed by atoms with Gasteiger partial charge in [-0.05, 0) is 37.0 Å². The smallest absolute Gasteiger partial charge is 0.191 e. The Labute approximate surface area is 127 Å². The number of Topliss-reactive ketones (excluding diaryl/α,β-unsaturated/α-hetero) is 1. The fourth-order valence-corrected chi connectivity index (χ4v) is 5.53. The van der Waals surface area contributed by atoms with Crippen molar-refractivity contribution in [3.05, 3.63) is 12.2 Å². The van der Waals surface area contributed by atoms with Crippen LogP contribution in [-0.4, -0.2) is 21.2 Å². The lowest BCUT2D eigenvalue weighted by molar-refractivity contribution is -0.115. The van der Waals surface area contributed by atoms with Crippen LogP contribution in [0.15, 0.2) is 12.2 Å². The van der Waals surface area contributed by atoms with Crippen molar-refractivity contribution in [2.75, 3.05) is 7.11 Å². The van der Waals surface area contributed by atoms with Crippen molar-refractivity contribution in [3.8, 4) is 0 Å². The molecule has 0 aliphatic rings. The van der Waals surface area contributed by atoms with E-state index in [-0.39, 0.29) is 5.78 Å². The Bertz CT molecular complexity index is 274. The highest BCUT2D eigenvalue weighted by Crippen LogP contribution is 2.24. The Hall–Kier alpha value is -0.413. The third-order valence-corrected chi connectivity index (χ3v) is 9.19. The molecule has 0 saturated heterocycles. The van der Waals surface area contributed by atoms with Crippen LogP contribution in [0.2, 0.25) is 18.1 Å². The fraction of sp³-hybridized carbons (Fsp3) is 0.824. The molecule has 2 nitrogen and oxygen atoms in total. The lowest BCUT2D eigenvalue weighted by Crippen LogP contribution is -2.34. The molecule has 0 rings (SSSR count). The van der Waals surface area contributed by atoms with Crippen LogP contribution in [0.5, 0.6) is 0 Å². The molecule has 0 amide bonds. The highest BCUT2D eigenvalue weighted by molar-refractivity contribution is 6.73. The standard InChI is InChI=1S/C17H34O2Si/c1-6-20(7-2,19-5)15-13-11-9-8-10-12-14-17(18)16(3)4/h3,6-15H2,1-2,4-5H3. The van der Waals surface area contributed by atoms with E-state index in [9.17, 15) is 4.79 Å². The maximum absolute atomic E-state index is 11.4. The first-order valence-electron chi connectivity index (χ1n) is 8.25. The molecule has 0 spiro atoms. The van der Waals surface area contributed by atoms with Crippen molar-refractivity contribution >= 4 is 14.1 Å². The van der Waals surface area contributed by atoms with Crippen molar-refractivity contribution < 1.29 is 9.22 Å². The summed E-state index contributed by atoms with van der Waals surface area (Å²) in [5, 5.41) is 0. The van der Waals surface area contributed by atoms with Gasteiger partial charge >= 0.3 is 0 Å². The van der Waals surface area contributed by atoms with Gasteiger partial charge in [0.05, 0.1) is 0 Å². The highest BCUT2D eigenvalue weighted by Gasteiger charge is 2.28. The molecule has 0 aromatic carbocycles. The van der Waals surface area contributed by atoms with E-state index in [1.165, 1.54) is 50.2 Å². The predicted molar refractivity (Wildman–Crippen MR) is 90.7 cm³/mol. The number of unbranched alkanes of at least 4 members (excludes halogenated alkanes) is 5. The lowest BCUT2D eigenvalue weighted by atomic mass is 10.1. The van der Waals surface area contributed by atoms with Gasteiger partial charge in [-0.2, -0.15) is 0 Å². The number of carbonyl (C=O) groups excluding carboxylic acids is 1. The first-order valence-corrected chi connectivity index (χ1v) is 10.8. The van der Waals surface area contributed by atoms with E-state index in [2.05, 4.69) is 20.4 Å². The Morgan fingerprint density at radius 3 is 1.95 bits per heavy atom. The van der Waals surface area contributed by atoms with Crippen molar-refractivity contribution in [1.29, 1.82) is 0 Å². The monoisotopic (exact) mass is 298 g/mol. The molecule has 0 heterocycles. The summed E-state index contributed by atoms with van der Waals surface area (Å²) in [6.07, 6.45) is 8.05. The highest BCUT2D eigenvalue weighted by atomic mass is 28.4. The second-order valence-electron chi connectivity index (χ2n) is 5.92. The van der Waals surface area contributed by atoms with Crippen LogP contribution in [0.3, 0.4) is 0 Å². The molecule has 0 aliphatic carbocycles. The summed E-state index contributed by atoms with van der Waals surface area (Å²) in [6, 6.07) is 3.79. The number of hydrogen-bond donors (Lipinski definition) is 0. The minimum absolute atomic E-state index is 0.228. The zero-order valence-electron chi connectivity index (χ0n) is 14.1. The van der Waals surface area contributed by atoms with Gasteiger partial charge in [-0.1, -0.05) is 52.5 Å². The van der Waals surface area contributed by atoms with Crippen molar-refractivity contribution in [2.24, 2.45) is 0 Å². The van der Waals surface area contributed by atoms with Crippen LogP contribution in [-0.2, 0) is 9.22 Å². The van der Waals surface area contributed by atoms with Crippen LogP contribution >= 0.6 is 0 Å². The van der Waals surface area contributed by atoms with Gasteiger partial charge < -0.3 is 4.43 Å². The van der Waals surface area contributed by atoms with Crippen LogP contribution in [0.1, 0.15) is 65.7 Å². The fourth-order valence-electron chi connectivity index (χ4n) is 2.65. The summed E-state index contributed by atoms with van der Waals surface area (Å²) in [5.74, 6) is 0.228. The summed E-state index contributed by atoms with van der Waals surface area (Å²) < 4.78 is 5.82. The van der Waals surface area contributed by atoms with Gasteiger partial charge in [-0.15, -0.1) is 0 Å². The Kier molecular flexibility index (Phi) is 11.0. The predicted octanol–water partition coefficient (Wildman–Crippen LogP) is 5.49. The van der Waals surface area contributed by atoms with Gasteiger partial charge in [0.2, 0.25) is 0 Å². The summed E-state index contributed by atoms with van der Waals surface area (Å²) >= 11 is 0. The van der Waals surface area contributed by atoms with Crippen molar-refractivity contribution in [2.45, 2.75) is 83.8 Å². The molecule has 0 N–H and O–H groups in total. The summed E-state index contributed by atoms with van der Waals surface area (Å²) in [5.41, 5.74) is 0.699.